The summed E-state index contributed by atoms with van der Waals surface area (Å²) in [5, 5.41) is 16.1. The van der Waals surface area contributed by atoms with Crippen LogP contribution in [0.2, 0.25) is 0 Å². The predicted molar refractivity (Wildman–Crippen MR) is 98.5 cm³/mol. The highest BCUT2D eigenvalue weighted by Crippen LogP contribution is 2.33. The Morgan fingerprint density at radius 1 is 1.14 bits per heavy atom. The lowest BCUT2D eigenvalue weighted by atomic mass is 10.0. The van der Waals surface area contributed by atoms with E-state index < -0.39 is 29.7 Å². The maximum absolute atomic E-state index is 12.7. The second-order valence-electron chi connectivity index (χ2n) is 6.62. The summed E-state index contributed by atoms with van der Waals surface area (Å²) in [7, 11) is 0. The fourth-order valence-electron chi connectivity index (χ4n) is 2.64. The van der Waals surface area contributed by atoms with Crippen molar-refractivity contribution in [2.75, 3.05) is 6.79 Å². The van der Waals surface area contributed by atoms with E-state index in [1.165, 1.54) is 24.5 Å². The third-order valence-electron chi connectivity index (χ3n) is 4.15. The molecule has 3 rings (SSSR count). The minimum absolute atomic E-state index is 0.00491. The Balaban J connectivity index is 1.89. The van der Waals surface area contributed by atoms with Crippen LogP contribution < -0.4 is 25.2 Å². The molecule has 1 aliphatic rings. The van der Waals surface area contributed by atoms with Crippen molar-refractivity contribution in [2.45, 2.75) is 19.9 Å². The molecule has 152 valence electrons. The van der Waals surface area contributed by atoms with Gasteiger partial charge in [-0.2, -0.15) is 0 Å². The zero-order valence-electron chi connectivity index (χ0n) is 15.8. The van der Waals surface area contributed by atoms with Gasteiger partial charge in [0, 0.05) is 0 Å². The zero-order valence-corrected chi connectivity index (χ0v) is 15.8. The first-order valence-corrected chi connectivity index (χ1v) is 8.83. The van der Waals surface area contributed by atoms with Crippen LogP contribution in [0.4, 0.5) is 0 Å². The van der Waals surface area contributed by atoms with Crippen LogP contribution in [0.25, 0.3) is 6.08 Å². The Kier molecular flexibility index (Phi) is 5.87. The molecule has 9 heteroatoms. The minimum atomic E-state index is -1.42. The standard InChI is InChI=1S/C20H20N2O7/c1-11(2)17(20(25)26)22-18(23)13(21-19(24)15-4-3-7-27-15)8-12-5-6-14-16(9-12)29-10-28-14/h3-9,11,17H,10H2,1-2H3,(H,21,24)(H,22,23)(H,25,26)/p-1/b13-8-/t17-/m0/s1. The van der Waals surface area contributed by atoms with Crippen LogP contribution in [-0.4, -0.2) is 30.6 Å². The van der Waals surface area contributed by atoms with Crippen LogP contribution in [0.3, 0.4) is 0 Å². The van der Waals surface area contributed by atoms with E-state index in [1.807, 2.05) is 0 Å². The number of carboxylic acids is 1. The van der Waals surface area contributed by atoms with E-state index in [0.29, 0.717) is 17.1 Å². The summed E-state index contributed by atoms with van der Waals surface area (Å²) in [6, 6.07) is 6.69. The lowest BCUT2D eigenvalue weighted by molar-refractivity contribution is -0.309. The van der Waals surface area contributed by atoms with Crippen molar-refractivity contribution in [3.05, 3.63) is 53.6 Å². The third-order valence-corrected chi connectivity index (χ3v) is 4.15. The summed E-state index contributed by atoms with van der Waals surface area (Å²) >= 11 is 0. The van der Waals surface area contributed by atoms with Gasteiger partial charge >= 0.3 is 0 Å². The summed E-state index contributed by atoms with van der Waals surface area (Å²) in [5.74, 6) is -2.24. The number of aliphatic carboxylic acids is 1. The van der Waals surface area contributed by atoms with Gasteiger partial charge in [0.1, 0.15) is 5.70 Å². The topological polar surface area (TPSA) is 130 Å². The largest absolute Gasteiger partial charge is 0.548 e. The first-order valence-electron chi connectivity index (χ1n) is 8.83. The van der Waals surface area contributed by atoms with Crippen molar-refractivity contribution in [2.24, 2.45) is 5.92 Å². The molecule has 9 nitrogen and oxygen atoms in total. The highest BCUT2D eigenvalue weighted by molar-refractivity contribution is 6.05. The molecule has 0 aliphatic carbocycles. The number of nitrogens with one attached hydrogen (secondary N) is 2. The van der Waals surface area contributed by atoms with Crippen molar-refractivity contribution in [1.82, 2.24) is 10.6 Å². The molecule has 0 radical (unpaired) electrons. The number of carbonyl (C=O) groups is 3. The number of hydrogen-bond donors (Lipinski definition) is 2. The quantitative estimate of drug-likeness (QED) is 0.655. The Labute approximate surface area is 166 Å². The Morgan fingerprint density at radius 2 is 1.90 bits per heavy atom. The molecule has 0 spiro atoms. The Morgan fingerprint density at radius 3 is 2.55 bits per heavy atom. The molecule has 1 aliphatic heterocycles. The number of benzene rings is 1. The van der Waals surface area contributed by atoms with Gasteiger partial charge < -0.3 is 34.4 Å². The van der Waals surface area contributed by atoms with Gasteiger partial charge in [-0.05, 0) is 41.8 Å². The number of hydrogen-bond acceptors (Lipinski definition) is 7. The number of rotatable bonds is 7. The molecule has 0 saturated heterocycles. The molecule has 0 unspecified atom stereocenters. The molecule has 2 N–H and O–H groups in total. The van der Waals surface area contributed by atoms with E-state index >= 15 is 0 Å². The summed E-state index contributed by atoms with van der Waals surface area (Å²) < 4.78 is 15.6. The number of carboxylic acid groups (broad SMARTS) is 1. The van der Waals surface area contributed by atoms with E-state index in [2.05, 4.69) is 10.6 Å². The number of amides is 2. The molecule has 0 fully saturated rings. The second kappa shape index (κ2) is 8.51. The number of ether oxygens (including phenoxy) is 2. The van der Waals surface area contributed by atoms with Crippen LogP contribution in [0.1, 0.15) is 30.0 Å². The van der Waals surface area contributed by atoms with E-state index in [-0.39, 0.29) is 18.3 Å². The first-order chi connectivity index (χ1) is 13.8. The van der Waals surface area contributed by atoms with Crippen LogP contribution in [-0.2, 0) is 9.59 Å². The Hall–Kier alpha value is -3.75. The van der Waals surface area contributed by atoms with E-state index in [4.69, 9.17) is 13.9 Å². The van der Waals surface area contributed by atoms with Gasteiger partial charge in [0.2, 0.25) is 6.79 Å². The average Bonchev–Trinajstić information content (AvgIpc) is 3.36. The van der Waals surface area contributed by atoms with Crippen molar-refractivity contribution >= 4 is 23.9 Å². The first kappa shape index (κ1) is 20.0. The average molecular weight is 399 g/mol. The van der Waals surface area contributed by atoms with Crippen molar-refractivity contribution in [3.63, 3.8) is 0 Å². The predicted octanol–water partition coefficient (Wildman–Crippen LogP) is 0.670. The maximum atomic E-state index is 12.7. The molecule has 0 bridgehead atoms. The fourth-order valence-corrected chi connectivity index (χ4v) is 2.64. The SMILES string of the molecule is CC(C)[C@H](NC(=O)/C(=C/c1ccc2c(c1)OCO2)NC(=O)c1ccco1)C(=O)[O-]. The number of fused-ring (bicyclic) bond motifs is 1. The summed E-state index contributed by atoms with van der Waals surface area (Å²) in [6.07, 6.45) is 2.71. The molecule has 2 aromatic rings. The molecule has 2 amide bonds. The normalized spacial score (nSPS) is 13.8. The smallest absolute Gasteiger partial charge is 0.291 e. The molecular formula is C20H19N2O7-. The highest BCUT2D eigenvalue weighted by Gasteiger charge is 2.22. The third kappa shape index (κ3) is 4.75. The van der Waals surface area contributed by atoms with Crippen LogP contribution in [0, 0.1) is 5.92 Å². The van der Waals surface area contributed by atoms with Crippen molar-refractivity contribution in [3.8, 4) is 11.5 Å². The maximum Gasteiger partial charge on any atom is 0.291 e. The number of furan rings is 1. The van der Waals surface area contributed by atoms with Gasteiger partial charge in [0.05, 0.1) is 18.3 Å². The van der Waals surface area contributed by atoms with Gasteiger partial charge in [-0.25, -0.2) is 0 Å². The van der Waals surface area contributed by atoms with E-state index in [1.54, 1.807) is 32.0 Å². The van der Waals surface area contributed by atoms with Crippen LogP contribution in [0.15, 0.2) is 46.7 Å². The van der Waals surface area contributed by atoms with E-state index in [0.717, 1.165) is 0 Å². The molecule has 1 atom stereocenters. The van der Waals surface area contributed by atoms with Gasteiger partial charge in [0.15, 0.2) is 17.3 Å². The molecule has 0 saturated carbocycles. The number of carbonyl (C=O) groups excluding carboxylic acids is 3. The molecule has 1 aromatic heterocycles. The van der Waals surface area contributed by atoms with Gasteiger partial charge in [-0.3, -0.25) is 9.59 Å². The van der Waals surface area contributed by atoms with Crippen LogP contribution in [0.5, 0.6) is 11.5 Å². The summed E-state index contributed by atoms with van der Waals surface area (Å²) in [5.41, 5.74) is 0.367. The van der Waals surface area contributed by atoms with Crippen molar-refractivity contribution < 1.29 is 33.4 Å². The van der Waals surface area contributed by atoms with Gasteiger partial charge in [-0.1, -0.05) is 19.9 Å². The fraction of sp³-hybridized carbons (Fsp3) is 0.250. The van der Waals surface area contributed by atoms with E-state index in [9.17, 15) is 19.5 Å². The lowest BCUT2D eigenvalue weighted by Gasteiger charge is -2.24. The molecule has 1 aromatic carbocycles. The molecular weight excluding hydrogens is 380 g/mol. The molecule has 29 heavy (non-hydrogen) atoms. The zero-order chi connectivity index (χ0) is 21.0. The van der Waals surface area contributed by atoms with Crippen molar-refractivity contribution in [1.29, 1.82) is 0 Å². The summed E-state index contributed by atoms with van der Waals surface area (Å²) in [4.78, 5) is 36.4. The second-order valence-corrected chi connectivity index (χ2v) is 6.62. The minimum Gasteiger partial charge on any atom is -0.548 e. The Bertz CT molecular complexity index is 948. The lowest BCUT2D eigenvalue weighted by Crippen LogP contribution is -2.52. The highest BCUT2D eigenvalue weighted by atomic mass is 16.7. The van der Waals surface area contributed by atoms with Crippen LogP contribution >= 0.6 is 0 Å². The van der Waals surface area contributed by atoms with Gasteiger partial charge in [-0.15, -0.1) is 0 Å². The van der Waals surface area contributed by atoms with Gasteiger partial charge in [0.25, 0.3) is 11.8 Å². The molecule has 2 heterocycles. The summed E-state index contributed by atoms with van der Waals surface area (Å²) in [6.45, 7) is 3.35. The monoisotopic (exact) mass is 399 g/mol.